The average molecular weight is 369 g/mol. The van der Waals surface area contributed by atoms with E-state index < -0.39 is 0 Å². The molecule has 0 bridgehead atoms. The second-order valence-electron chi connectivity index (χ2n) is 6.35. The quantitative estimate of drug-likeness (QED) is 0.533. The molecule has 0 spiro atoms. The Balaban J connectivity index is 1.86. The summed E-state index contributed by atoms with van der Waals surface area (Å²) in [7, 11) is 1.63. The topological polar surface area (TPSA) is 57.0 Å². The fourth-order valence-corrected chi connectivity index (χ4v) is 3.07. The second-order valence-corrected chi connectivity index (χ2v) is 6.35. The highest BCUT2D eigenvalue weighted by atomic mass is 16.5. The van der Waals surface area contributed by atoms with Gasteiger partial charge in [0.05, 0.1) is 19.3 Å². The van der Waals surface area contributed by atoms with Crippen LogP contribution >= 0.6 is 0 Å². The van der Waals surface area contributed by atoms with Gasteiger partial charge in [-0.3, -0.25) is 9.78 Å². The summed E-state index contributed by atoms with van der Waals surface area (Å²) in [6, 6.07) is 22.9. The highest BCUT2D eigenvalue weighted by Gasteiger charge is 2.13. The molecular formula is C23H19N3O2. The standard InChI is InChI=1S/C23H19N3O2/c1-28-20-9-7-19(8-10-20)23-21(18-11-13-24-14-12-18)15-22(27)26(25-23)16-17-5-3-2-4-6-17/h2-15H,16H2,1H3. The minimum Gasteiger partial charge on any atom is -0.497 e. The van der Waals surface area contributed by atoms with E-state index in [0.717, 1.165) is 33.7 Å². The Morgan fingerprint density at radius 2 is 1.61 bits per heavy atom. The lowest BCUT2D eigenvalue weighted by Crippen LogP contribution is -2.23. The van der Waals surface area contributed by atoms with E-state index in [2.05, 4.69) is 4.98 Å². The van der Waals surface area contributed by atoms with Crippen LogP contribution in [0, 0.1) is 0 Å². The number of methoxy groups -OCH3 is 1. The van der Waals surface area contributed by atoms with Crippen molar-refractivity contribution in [1.29, 1.82) is 0 Å². The van der Waals surface area contributed by atoms with Crippen molar-refractivity contribution in [2.45, 2.75) is 6.54 Å². The van der Waals surface area contributed by atoms with Crippen LogP contribution in [0.4, 0.5) is 0 Å². The third-order valence-electron chi connectivity index (χ3n) is 4.53. The molecule has 138 valence electrons. The Hall–Kier alpha value is -3.73. The molecule has 0 saturated carbocycles. The van der Waals surface area contributed by atoms with Crippen molar-refractivity contribution in [3.8, 4) is 28.1 Å². The van der Waals surface area contributed by atoms with E-state index >= 15 is 0 Å². The van der Waals surface area contributed by atoms with Gasteiger partial charge in [0.25, 0.3) is 5.56 Å². The van der Waals surface area contributed by atoms with Crippen LogP contribution in [0.5, 0.6) is 5.75 Å². The van der Waals surface area contributed by atoms with E-state index in [1.165, 1.54) is 4.68 Å². The molecule has 0 radical (unpaired) electrons. The Labute approximate surface area is 162 Å². The summed E-state index contributed by atoms with van der Waals surface area (Å²) in [5.41, 5.74) is 4.21. The number of rotatable bonds is 5. The van der Waals surface area contributed by atoms with Crippen LogP contribution in [-0.2, 0) is 6.54 Å². The number of ether oxygens (including phenoxy) is 1. The summed E-state index contributed by atoms with van der Waals surface area (Å²) < 4.78 is 6.76. The molecule has 0 saturated heterocycles. The largest absolute Gasteiger partial charge is 0.497 e. The van der Waals surface area contributed by atoms with Gasteiger partial charge in [0.15, 0.2) is 0 Å². The first kappa shape index (κ1) is 17.7. The van der Waals surface area contributed by atoms with Crippen LogP contribution in [0.15, 0.2) is 90.0 Å². The zero-order chi connectivity index (χ0) is 19.3. The Morgan fingerprint density at radius 1 is 0.893 bits per heavy atom. The molecule has 0 atom stereocenters. The average Bonchev–Trinajstić information content (AvgIpc) is 2.76. The number of aromatic nitrogens is 3. The van der Waals surface area contributed by atoms with Crippen molar-refractivity contribution >= 4 is 0 Å². The zero-order valence-corrected chi connectivity index (χ0v) is 15.4. The van der Waals surface area contributed by atoms with Gasteiger partial charge in [-0.25, -0.2) is 4.68 Å². The number of nitrogens with zero attached hydrogens (tertiary/aromatic N) is 3. The van der Waals surface area contributed by atoms with Gasteiger partial charge in [-0.1, -0.05) is 30.3 Å². The summed E-state index contributed by atoms with van der Waals surface area (Å²) in [5.74, 6) is 0.770. The number of hydrogen-bond acceptors (Lipinski definition) is 4. The number of benzene rings is 2. The Morgan fingerprint density at radius 3 is 2.29 bits per heavy atom. The summed E-state index contributed by atoms with van der Waals surface area (Å²) in [6.07, 6.45) is 3.42. The fraction of sp³-hybridized carbons (Fsp3) is 0.0870. The molecule has 2 aromatic heterocycles. The van der Waals surface area contributed by atoms with E-state index in [4.69, 9.17) is 9.84 Å². The number of hydrogen-bond donors (Lipinski definition) is 0. The minimum absolute atomic E-state index is 0.145. The van der Waals surface area contributed by atoms with E-state index in [1.54, 1.807) is 25.6 Å². The smallest absolute Gasteiger partial charge is 0.267 e. The second kappa shape index (κ2) is 7.88. The molecule has 2 aromatic carbocycles. The summed E-state index contributed by atoms with van der Waals surface area (Å²) >= 11 is 0. The lowest BCUT2D eigenvalue weighted by molar-refractivity contribution is 0.415. The summed E-state index contributed by atoms with van der Waals surface area (Å²) in [6.45, 7) is 0.416. The van der Waals surface area contributed by atoms with Gasteiger partial charge in [-0.2, -0.15) is 5.10 Å². The summed E-state index contributed by atoms with van der Waals surface area (Å²) in [5, 5.41) is 4.71. The Bertz CT molecular complexity index is 1120. The maximum absolute atomic E-state index is 12.8. The van der Waals surface area contributed by atoms with E-state index in [9.17, 15) is 4.79 Å². The number of pyridine rings is 1. The highest BCUT2D eigenvalue weighted by Crippen LogP contribution is 2.30. The van der Waals surface area contributed by atoms with Crippen molar-refractivity contribution < 1.29 is 4.74 Å². The van der Waals surface area contributed by atoms with E-state index in [1.807, 2.05) is 66.7 Å². The molecule has 4 aromatic rings. The molecule has 0 aliphatic heterocycles. The molecule has 0 aliphatic carbocycles. The SMILES string of the molecule is COc1ccc(-c2nn(Cc3ccccc3)c(=O)cc2-c2ccncc2)cc1. The molecule has 0 fully saturated rings. The van der Waals surface area contributed by atoms with Crippen LogP contribution in [0.3, 0.4) is 0 Å². The lowest BCUT2D eigenvalue weighted by atomic mass is 10.0. The normalized spacial score (nSPS) is 10.6. The summed E-state index contributed by atoms with van der Waals surface area (Å²) in [4.78, 5) is 16.8. The lowest BCUT2D eigenvalue weighted by Gasteiger charge is -2.13. The van der Waals surface area contributed by atoms with Crippen molar-refractivity contribution in [1.82, 2.24) is 14.8 Å². The molecule has 4 rings (SSSR count). The molecule has 28 heavy (non-hydrogen) atoms. The van der Waals surface area contributed by atoms with Crippen molar-refractivity contribution in [3.05, 3.63) is 101 Å². The maximum atomic E-state index is 12.8. The monoisotopic (exact) mass is 369 g/mol. The molecule has 0 N–H and O–H groups in total. The van der Waals surface area contributed by atoms with E-state index in [0.29, 0.717) is 6.54 Å². The molecule has 0 amide bonds. The predicted molar refractivity (Wildman–Crippen MR) is 109 cm³/mol. The zero-order valence-electron chi connectivity index (χ0n) is 15.4. The van der Waals surface area contributed by atoms with Crippen LogP contribution < -0.4 is 10.3 Å². The van der Waals surface area contributed by atoms with Gasteiger partial charge < -0.3 is 4.74 Å². The third-order valence-corrected chi connectivity index (χ3v) is 4.53. The third kappa shape index (κ3) is 3.69. The van der Waals surface area contributed by atoms with Gasteiger partial charge in [0, 0.05) is 29.6 Å². The molecule has 0 aliphatic rings. The highest BCUT2D eigenvalue weighted by molar-refractivity contribution is 5.80. The van der Waals surface area contributed by atoms with Crippen molar-refractivity contribution in [2.75, 3.05) is 7.11 Å². The van der Waals surface area contributed by atoms with Crippen LogP contribution in [0.1, 0.15) is 5.56 Å². The van der Waals surface area contributed by atoms with Crippen LogP contribution in [0.25, 0.3) is 22.4 Å². The van der Waals surface area contributed by atoms with Gasteiger partial charge in [-0.15, -0.1) is 0 Å². The molecule has 0 unspecified atom stereocenters. The maximum Gasteiger partial charge on any atom is 0.267 e. The van der Waals surface area contributed by atoms with Crippen LogP contribution in [0.2, 0.25) is 0 Å². The first-order valence-corrected chi connectivity index (χ1v) is 8.95. The van der Waals surface area contributed by atoms with Crippen molar-refractivity contribution in [3.63, 3.8) is 0 Å². The van der Waals surface area contributed by atoms with Gasteiger partial charge in [0.1, 0.15) is 5.75 Å². The first-order valence-electron chi connectivity index (χ1n) is 8.95. The first-order chi connectivity index (χ1) is 13.7. The van der Waals surface area contributed by atoms with Gasteiger partial charge in [0.2, 0.25) is 0 Å². The Kier molecular flexibility index (Phi) is 4.97. The molecular weight excluding hydrogens is 350 g/mol. The molecule has 2 heterocycles. The molecule has 5 nitrogen and oxygen atoms in total. The van der Waals surface area contributed by atoms with Crippen LogP contribution in [-0.4, -0.2) is 21.9 Å². The van der Waals surface area contributed by atoms with Gasteiger partial charge in [-0.05, 0) is 47.5 Å². The van der Waals surface area contributed by atoms with Crippen molar-refractivity contribution in [2.24, 2.45) is 0 Å². The predicted octanol–water partition coefficient (Wildman–Crippen LogP) is 4.03. The molecule has 5 heteroatoms. The van der Waals surface area contributed by atoms with Gasteiger partial charge >= 0.3 is 0 Å². The minimum atomic E-state index is -0.145. The fourth-order valence-electron chi connectivity index (χ4n) is 3.07. The van der Waals surface area contributed by atoms with E-state index in [-0.39, 0.29) is 5.56 Å².